The van der Waals surface area contributed by atoms with Gasteiger partial charge < -0.3 is 0 Å². The van der Waals surface area contributed by atoms with E-state index < -0.39 is 152 Å². The first-order valence-electron chi connectivity index (χ1n) is 13.0. The molecule has 0 N–H and O–H groups in total. The molecule has 0 saturated heterocycles. The molecule has 3 rings (SSSR count). The molecule has 0 saturated carbocycles. The fraction of sp³-hybridized carbons (Fsp3) is 0.357. The van der Waals surface area contributed by atoms with Gasteiger partial charge in [-0.2, -0.15) is 0 Å². The minimum absolute atomic E-state index is 0.123. The Morgan fingerprint density at radius 3 is 0.867 bits per heavy atom. The van der Waals surface area contributed by atoms with Crippen LogP contribution in [0.2, 0.25) is 0 Å². The van der Waals surface area contributed by atoms with Gasteiger partial charge in [0.15, 0.2) is 0 Å². The summed E-state index contributed by atoms with van der Waals surface area (Å²) in [5, 5.41) is 0. The molecule has 3 aromatic carbocycles. The van der Waals surface area contributed by atoms with Gasteiger partial charge in [0.2, 0.25) is 0 Å². The van der Waals surface area contributed by atoms with E-state index in [1.54, 1.807) is 6.92 Å². The molecule has 0 unspecified atom stereocenters. The fourth-order valence-corrected chi connectivity index (χ4v) is 8.38. The Labute approximate surface area is 255 Å². The molecule has 0 bridgehead atoms. The summed E-state index contributed by atoms with van der Waals surface area (Å²) in [6.07, 6.45) is 0.493. The van der Waals surface area contributed by atoms with Crippen LogP contribution < -0.4 is 0 Å². The zero-order valence-corrected chi connectivity index (χ0v) is 26.4. The van der Waals surface area contributed by atoms with Crippen LogP contribution in [0, 0.1) is 90.6 Å². The maximum absolute atomic E-state index is 14.6. The zero-order valence-electron chi connectivity index (χ0n) is 23.9. The Morgan fingerprint density at radius 1 is 0.400 bits per heavy atom. The third-order valence-electron chi connectivity index (χ3n) is 6.68. The average Bonchev–Trinajstić information content (AvgIpc) is 3.02. The molecule has 0 amide bonds. The van der Waals surface area contributed by atoms with E-state index in [0.29, 0.717) is 6.42 Å². The van der Waals surface area contributed by atoms with Gasteiger partial charge in [-0.15, -0.1) is 0 Å². The predicted molar refractivity (Wildman–Crippen MR) is 128 cm³/mol. The predicted octanol–water partition coefficient (Wildman–Crippen LogP) is 8.86. The molecule has 0 heterocycles. The van der Waals surface area contributed by atoms with Crippen molar-refractivity contribution in [3.05, 3.63) is 103 Å². The number of hydrogen-bond acceptors (Lipinski definition) is 4. The first kappa shape index (κ1) is 37.0. The minimum atomic E-state index is -6.41. The van der Waals surface area contributed by atoms with Gasteiger partial charge in [0.25, 0.3) is 0 Å². The first-order chi connectivity index (χ1) is 21.0. The van der Waals surface area contributed by atoms with E-state index in [2.05, 4.69) is 0 Å². The summed E-state index contributed by atoms with van der Waals surface area (Å²) in [7, 11) is 0. The van der Waals surface area contributed by atoms with Crippen LogP contribution in [0.1, 0.15) is 53.1 Å². The number of halogens is 12. The van der Waals surface area contributed by atoms with Gasteiger partial charge in [0.05, 0.1) is 0 Å². The van der Waals surface area contributed by atoms with E-state index in [1.165, 1.54) is 0 Å². The van der Waals surface area contributed by atoms with Crippen LogP contribution in [0.3, 0.4) is 0 Å². The van der Waals surface area contributed by atoms with Crippen molar-refractivity contribution in [1.29, 1.82) is 0 Å². The molecular weight excluding hydrogens is 720 g/mol. The van der Waals surface area contributed by atoms with Crippen LogP contribution in [-0.2, 0) is 53.1 Å². The molecule has 0 aromatic heterocycles. The molecule has 0 fully saturated rings. The van der Waals surface area contributed by atoms with Crippen molar-refractivity contribution in [3.63, 3.8) is 0 Å². The Hall–Kier alpha value is -2.46. The molecule has 0 atom stereocenters. The van der Waals surface area contributed by atoms with Crippen molar-refractivity contribution in [3.8, 4) is 0 Å². The topological polar surface area (TPSA) is 36.9 Å². The molecule has 0 aliphatic heterocycles. The molecule has 3 aromatic rings. The normalized spacial score (nSPS) is 12.0. The molecule has 248 valence electrons. The number of rotatable bonds is 13. The van der Waals surface area contributed by atoms with E-state index in [0.717, 1.165) is 20.8 Å². The van der Waals surface area contributed by atoms with Crippen molar-refractivity contribution in [2.24, 2.45) is 0 Å². The van der Waals surface area contributed by atoms with Crippen molar-refractivity contribution in [1.82, 2.24) is 0 Å². The van der Waals surface area contributed by atoms with E-state index in [1.807, 2.05) is 0 Å². The van der Waals surface area contributed by atoms with E-state index >= 15 is 0 Å². The first-order valence-corrected chi connectivity index (χ1v) is 17.0. The van der Waals surface area contributed by atoms with Crippen molar-refractivity contribution < 1.29 is 86.0 Å². The molecule has 0 radical (unpaired) electrons. The summed E-state index contributed by atoms with van der Waals surface area (Å²) in [4.78, 5) is 0. The van der Waals surface area contributed by atoms with E-state index in [-0.39, 0.29) is 6.42 Å². The van der Waals surface area contributed by atoms with E-state index in [4.69, 9.17) is 11.3 Å². The van der Waals surface area contributed by atoms with Crippen molar-refractivity contribution >= 4 is 0 Å². The van der Waals surface area contributed by atoms with Gasteiger partial charge in [-0.05, 0) is 0 Å². The third kappa shape index (κ3) is 7.42. The molecule has 4 nitrogen and oxygen atoms in total. The Morgan fingerprint density at radius 2 is 0.644 bits per heavy atom. The van der Waals surface area contributed by atoms with Gasteiger partial charge in [-0.3, -0.25) is 0 Å². The summed E-state index contributed by atoms with van der Waals surface area (Å²) in [5.41, 5.74) is -7.34. The number of hydrogen-bond donors (Lipinski definition) is 0. The SMILES string of the molecule is CCCC[O][Zr]([O]Cc1c(F)c(F)c(C)c(F)c1F)([O]Cc1c(F)c(F)c(C)c(F)c1F)[O]Cc1c(F)c(F)c(C)c(F)c1F. The Bertz CT molecular complexity index is 1340. The summed E-state index contributed by atoms with van der Waals surface area (Å²) >= 11 is -6.41. The van der Waals surface area contributed by atoms with Crippen LogP contribution in [-0.4, -0.2) is 6.61 Å². The second-order valence-corrected chi connectivity index (χ2v) is 14.9. The Balaban J connectivity index is 2.13. The fourth-order valence-electron chi connectivity index (χ4n) is 3.81. The third-order valence-corrected chi connectivity index (χ3v) is 11.7. The standard InChI is InChI=1S/3C8H5F4O.C4H9O.Zr/c3*1-3-5(9)7(11)4(2-13)8(12)6(3)10;1-2-3-4-5;/h3*2H2,1H3;2-4H2,1H3;/q4*-1;+4. The van der Waals surface area contributed by atoms with Gasteiger partial charge in [-0.1, -0.05) is 0 Å². The van der Waals surface area contributed by atoms with Crippen LogP contribution >= 0.6 is 0 Å². The number of benzene rings is 3. The molecule has 0 aliphatic rings. The van der Waals surface area contributed by atoms with Gasteiger partial charge in [0.1, 0.15) is 0 Å². The van der Waals surface area contributed by atoms with Crippen LogP contribution in [0.15, 0.2) is 0 Å². The van der Waals surface area contributed by atoms with E-state index in [9.17, 15) is 52.7 Å². The summed E-state index contributed by atoms with van der Waals surface area (Å²) in [6.45, 7) is -1.12. The molecule has 17 heteroatoms. The van der Waals surface area contributed by atoms with Crippen LogP contribution in [0.5, 0.6) is 0 Å². The average molecular weight is 744 g/mol. The maximum atomic E-state index is 14.6. The summed E-state index contributed by atoms with van der Waals surface area (Å²) < 4.78 is 194. The molecule has 0 aliphatic carbocycles. The van der Waals surface area contributed by atoms with Crippen molar-refractivity contribution in [2.45, 2.75) is 60.4 Å². The quantitative estimate of drug-likeness (QED) is 0.0997. The van der Waals surface area contributed by atoms with Crippen molar-refractivity contribution in [2.75, 3.05) is 6.61 Å². The van der Waals surface area contributed by atoms with Gasteiger partial charge >= 0.3 is 256 Å². The Kier molecular flexibility index (Phi) is 12.3. The monoisotopic (exact) mass is 742 g/mol. The number of unbranched alkanes of at least 4 members (excludes halogenated alkanes) is 1. The van der Waals surface area contributed by atoms with Gasteiger partial charge in [-0.25, -0.2) is 0 Å². The second-order valence-electron chi connectivity index (χ2n) is 9.65. The zero-order chi connectivity index (χ0) is 34.0. The summed E-state index contributed by atoms with van der Waals surface area (Å²) in [6, 6.07) is 0. The summed E-state index contributed by atoms with van der Waals surface area (Å²) in [5.74, 6) is -22.6. The molecule has 45 heavy (non-hydrogen) atoms. The van der Waals surface area contributed by atoms with Crippen LogP contribution in [0.25, 0.3) is 0 Å². The molecular formula is C28H24F12O4Zr. The van der Waals surface area contributed by atoms with Crippen LogP contribution in [0.4, 0.5) is 52.7 Å². The second kappa shape index (κ2) is 15.0. The van der Waals surface area contributed by atoms with Gasteiger partial charge in [0, 0.05) is 0 Å². The molecule has 0 spiro atoms.